The quantitative estimate of drug-likeness (QED) is 0.775. The Balaban J connectivity index is 0.000000342. The molecule has 0 fully saturated rings. The zero-order valence-corrected chi connectivity index (χ0v) is 14.8. The van der Waals surface area contributed by atoms with Crippen molar-refractivity contribution in [2.75, 3.05) is 0 Å². The Morgan fingerprint density at radius 1 is 0.842 bits per heavy atom. The summed E-state index contributed by atoms with van der Waals surface area (Å²) in [7, 11) is 0. The first-order valence-electron chi connectivity index (χ1n) is 6.72. The van der Waals surface area contributed by atoms with Crippen LogP contribution in [0.3, 0.4) is 0 Å². The fourth-order valence-electron chi connectivity index (χ4n) is 1.29. The van der Waals surface area contributed by atoms with Crippen LogP contribution in [0, 0.1) is 0 Å². The van der Waals surface area contributed by atoms with E-state index < -0.39 is 12.2 Å². The normalized spacial score (nSPS) is 15.4. The Bertz CT molecular complexity index is 310. The maximum Gasteiger partial charge on any atom is -0.0783 e. The van der Waals surface area contributed by atoms with Crippen molar-refractivity contribution in [3.63, 3.8) is 0 Å². The fourth-order valence-corrected chi connectivity index (χ4v) is 4.26. The van der Waals surface area contributed by atoms with Gasteiger partial charge < -0.3 is 10.2 Å². The number of hydrogen-bond donors (Lipinski definition) is 0. The molecule has 19 heavy (non-hydrogen) atoms. The van der Waals surface area contributed by atoms with Crippen molar-refractivity contribution in [2.45, 2.75) is 52.7 Å². The molecule has 0 unspecified atom stereocenters. The second-order valence-corrected chi connectivity index (χ2v) is 8.64. The summed E-state index contributed by atoms with van der Waals surface area (Å²) >= 11 is -0.312. The van der Waals surface area contributed by atoms with Crippen molar-refractivity contribution >= 4 is 0 Å². The van der Waals surface area contributed by atoms with E-state index in [0.29, 0.717) is 0 Å². The van der Waals surface area contributed by atoms with Gasteiger partial charge in [-0.2, -0.15) is 0 Å². The van der Waals surface area contributed by atoms with Gasteiger partial charge in [-0.25, -0.2) is 0 Å². The number of allylic oxidation sites excluding steroid dienone is 8. The Morgan fingerprint density at radius 3 is 1.37 bits per heavy atom. The van der Waals surface area contributed by atoms with E-state index in [1.54, 1.807) is 34.3 Å². The van der Waals surface area contributed by atoms with Crippen LogP contribution in [-0.2, 0) is 23.2 Å². The van der Waals surface area contributed by atoms with E-state index in [4.69, 9.17) is 0 Å². The molecule has 0 bridgehead atoms. The van der Waals surface area contributed by atoms with Gasteiger partial charge >= 0.3 is 79.1 Å². The Labute approximate surface area is 129 Å². The summed E-state index contributed by atoms with van der Waals surface area (Å²) in [6, 6.07) is 0. The van der Waals surface area contributed by atoms with E-state index in [1.165, 1.54) is 12.8 Å². The summed E-state index contributed by atoms with van der Waals surface area (Å²) in [6.45, 7) is 6.44. The molecule has 0 aromatic rings. The molecule has 0 aromatic heterocycles. The molecule has 104 valence electrons. The van der Waals surface area contributed by atoms with Gasteiger partial charge in [0.05, 0.1) is 0 Å². The molecule has 2 rings (SSSR count). The molecule has 0 heterocycles. The van der Waals surface area contributed by atoms with E-state index in [9.17, 15) is 10.2 Å². The predicted octanol–water partition coefficient (Wildman–Crippen LogP) is 2.27. The van der Waals surface area contributed by atoms with Gasteiger partial charge in [0.15, 0.2) is 0 Å². The minimum Gasteiger partial charge on any atom is -0.852 e. The minimum atomic E-state index is -0.417. The average Bonchev–Trinajstić information content (AvgIpc) is 2.89. The predicted molar refractivity (Wildman–Crippen MR) is 74.0 cm³/mol. The zero-order chi connectivity index (χ0) is 14.7. The summed E-state index contributed by atoms with van der Waals surface area (Å²) in [5.74, 6) is 0. The maximum atomic E-state index is 9.53. The van der Waals surface area contributed by atoms with Gasteiger partial charge in [0, 0.05) is 0 Å². The fraction of sp³-hybridized carbons (Fsp3) is 0.500. The van der Waals surface area contributed by atoms with Crippen molar-refractivity contribution in [1.82, 2.24) is 0 Å². The Kier molecular flexibility index (Phi) is 11.4. The van der Waals surface area contributed by atoms with Crippen molar-refractivity contribution < 1.29 is 33.4 Å². The second kappa shape index (κ2) is 11.6. The van der Waals surface area contributed by atoms with E-state index in [0.717, 1.165) is 0 Å². The molecule has 0 N–H and O–H groups in total. The summed E-state index contributed by atoms with van der Waals surface area (Å²) in [5.41, 5.74) is 0. The summed E-state index contributed by atoms with van der Waals surface area (Å²) in [5, 5.41) is 19.1. The van der Waals surface area contributed by atoms with Crippen LogP contribution in [-0.4, -0.2) is 12.2 Å². The van der Waals surface area contributed by atoms with Gasteiger partial charge in [-0.3, -0.25) is 0 Å². The molecule has 0 radical (unpaired) electrons. The number of rotatable bonds is 2. The van der Waals surface area contributed by atoms with Crippen molar-refractivity contribution in [3.8, 4) is 0 Å². The molecule has 2 nitrogen and oxygen atoms in total. The monoisotopic (exact) mass is 338 g/mol. The van der Waals surface area contributed by atoms with Crippen LogP contribution in [0.4, 0.5) is 0 Å². The van der Waals surface area contributed by atoms with Gasteiger partial charge in [-0.15, -0.1) is 12.2 Å². The first-order valence-corrected chi connectivity index (χ1v) is 9.17. The third kappa shape index (κ3) is 14.0. The van der Waals surface area contributed by atoms with Crippen LogP contribution in [0.5, 0.6) is 0 Å². The summed E-state index contributed by atoms with van der Waals surface area (Å²) < 4.78 is 3.45. The minimum absolute atomic E-state index is 0.312. The zero-order valence-electron chi connectivity index (χ0n) is 12.3. The van der Waals surface area contributed by atoms with Crippen molar-refractivity contribution in [3.05, 3.63) is 43.0 Å². The largest absolute Gasteiger partial charge is 0.852 e. The van der Waals surface area contributed by atoms with Gasteiger partial charge in [0.25, 0.3) is 0 Å². The number of hydrogen-bond acceptors (Lipinski definition) is 2. The molecule has 0 amide bonds. The summed E-state index contributed by atoms with van der Waals surface area (Å²) in [4.78, 5) is 0. The van der Waals surface area contributed by atoms with Gasteiger partial charge in [-0.05, 0) is 0 Å². The topological polar surface area (TPSA) is 46.1 Å². The molecule has 2 aliphatic rings. The maximum absolute atomic E-state index is 9.53. The smallest absolute Gasteiger partial charge is 0.0783 e. The van der Waals surface area contributed by atoms with Gasteiger partial charge in [0.1, 0.15) is 0 Å². The van der Waals surface area contributed by atoms with Crippen molar-refractivity contribution in [2.24, 2.45) is 0 Å². The first kappa shape index (κ1) is 18.8. The van der Waals surface area contributed by atoms with Crippen LogP contribution < -0.4 is 10.2 Å². The molecule has 0 aromatic carbocycles. The Morgan fingerprint density at radius 2 is 1.16 bits per heavy atom. The standard InChI is InChI=1S/2C5H5.2C3H7O.Zr/c2*1-2-4-5-3-1;2*1-3(2)4;/h2*1-3H,4H2;2*3H,1-2H3;/q;;2*-1;+2. The van der Waals surface area contributed by atoms with Crippen LogP contribution in [0.25, 0.3) is 0 Å². The van der Waals surface area contributed by atoms with Gasteiger partial charge in [0.2, 0.25) is 0 Å². The van der Waals surface area contributed by atoms with Crippen LogP contribution >= 0.6 is 0 Å². The first-order chi connectivity index (χ1) is 8.91. The third-order valence-electron chi connectivity index (χ3n) is 1.86. The van der Waals surface area contributed by atoms with Crippen LogP contribution in [0.1, 0.15) is 40.5 Å². The Hall–Kier alpha value is -0.237. The van der Waals surface area contributed by atoms with E-state index in [2.05, 4.69) is 36.5 Å². The molecule has 0 saturated carbocycles. The average molecular weight is 340 g/mol. The molecule has 0 aliphatic heterocycles. The van der Waals surface area contributed by atoms with Gasteiger partial charge in [-0.1, -0.05) is 27.7 Å². The molecule has 3 heteroatoms. The third-order valence-corrected chi connectivity index (χ3v) is 5.27. The molecular weight excluding hydrogens is 315 g/mol. The summed E-state index contributed by atoms with van der Waals surface area (Å²) in [6.07, 6.45) is 15.2. The van der Waals surface area contributed by atoms with E-state index in [-0.39, 0.29) is 23.2 Å². The van der Waals surface area contributed by atoms with Crippen LogP contribution in [0.15, 0.2) is 43.0 Å². The van der Waals surface area contributed by atoms with Crippen molar-refractivity contribution in [1.29, 1.82) is 0 Å². The van der Waals surface area contributed by atoms with Crippen LogP contribution in [0.2, 0.25) is 0 Å². The second-order valence-electron chi connectivity index (χ2n) is 4.87. The van der Waals surface area contributed by atoms with E-state index in [1.807, 2.05) is 0 Å². The molecular formula is C16H24O2Zr. The van der Waals surface area contributed by atoms with E-state index >= 15 is 0 Å². The molecule has 0 saturated heterocycles. The molecule has 2 aliphatic carbocycles. The molecule has 0 atom stereocenters. The molecule has 0 spiro atoms. The SMILES string of the molecule is C1=CC[C]([Zr+2][C]2=CC=CC2)=C1.CC(C)[O-].CC(C)[O-].